The van der Waals surface area contributed by atoms with Gasteiger partial charge in [0.25, 0.3) is 0 Å². The molecular formula is C16H19ClN2O2. The highest BCUT2D eigenvalue weighted by atomic mass is 35.5. The number of benzene rings is 1. The van der Waals surface area contributed by atoms with Crippen LogP contribution in [0.2, 0.25) is 5.02 Å². The van der Waals surface area contributed by atoms with Crippen molar-refractivity contribution in [1.82, 2.24) is 9.80 Å². The smallest absolute Gasteiger partial charge is 0.407 e. The van der Waals surface area contributed by atoms with Crippen molar-refractivity contribution in [2.45, 2.75) is 19.4 Å². The minimum atomic E-state index is -0.850. The molecule has 0 radical (unpaired) electrons. The summed E-state index contributed by atoms with van der Waals surface area (Å²) >= 11 is 5.95. The Labute approximate surface area is 130 Å². The van der Waals surface area contributed by atoms with Crippen LogP contribution < -0.4 is 0 Å². The van der Waals surface area contributed by atoms with E-state index in [0.717, 1.165) is 5.56 Å². The Morgan fingerprint density at radius 3 is 2.52 bits per heavy atom. The number of hydrogen-bond donors (Lipinski definition) is 1. The molecular weight excluding hydrogens is 288 g/mol. The van der Waals surface area contributed by atoms with Crippen molar-refractivity contribution in [3.05, 3.63) is 34.9 Å². The van der Waals surface area contributed by atoms with Crippen molar-refractivity contribution in [1.29, 1.82) is 0 Å². The fraction of sp³-hybridized carbons (Fsp3) is 0.438. The predicted octanol–water partition coefficient (Wildman–Crippen LogP) is 2.77. The van der Waals surface area contributed by atoms with Gasteiger partial charge in [-0.1, -0.05) is 29.5 Å². The molecule has 1 aliphatic heterocycles. The maximum Gasteiger partial charge on any atom is 0.407 e. The Kier molecular flexibility index (Phi) is 4.76. The van der Waals surface area contributed by atoms with Gasteiger partial charge < -0.3 is 10.0 Å². The van der Waals surface area contributed by atoms with Crippen LogP contribution in [0.3, 0.4) is 0 Å². The molecule has 0 spiro atoms. The van der Waals surface area contributed by atoms with Crippen molar-refractivity contribution in [2.75, 3.05) is 26.2 Å². The van der Waals surface area contributed by atoms with Crippen molar-refractivity contribution in [2.24, 2.45) is 0 Å². The number of rotatable bonds is 1. The Morgan fingerprint density at radius 1 is 1.29 bits per heavy atom. The van der Waals surface area contributed by atoms with Gasteiger partial charge in [0.15, 0.2) is 0 Å². The van der Waals surface area contributed by atoms with Gasteiger partial charge in [0.2, 0.25) is 0 Å². The van der Waals surface area contributed by atoms with Gasteiger partial charge in [0.1, 0.15) is 0 Å². The molecule has 1 aromatic carbocycles. The van der Waals surface area contributed by atoms with Crippen molar-refractivity contribution in [3.63, 3.8) is 0 Å². The first-order valence-corrected chi connectivity index (χ1v) is 7.28. The van der Waals surface area contributed by atoms with Gasteiger partial charge in [-0.05, 0) is 32.0 Å². The minimum Gasteiger partial charge on any atom is -0.465 e. The average Bonchev–Trinajstić information content (AvgIpc) is 2.45. The van der Waals surface area contributed by atoms with Crippen LogP contribution in [0.4, 0.5) is 4.79 Å². The fourth-order valence-electron chi connectivity index (χ4n) is 2.33. The zero-order valence-electron chi connectivity index (χ0n) is 12.3. The van der Waals surface area contributed by atoms with Crippen molar-refractivity contribution < 1.29 is 9.90 Å². The van der Waals surface area contributed by atoms with Crippen LogP contribution in [-0.2, 0) is 0 Å². The first kappa shape index (κ1) is 15.7. The monoisotopic (exact) mass is 306 g/mol. The topological polar surface area (TPSA) is 43.8 Å². The zero-order chi connectivity index (χ0) is 15.5. The van der Waals surface area contributed by atoms with E-state index in [2.05, 4.69) is 30.6 Å². The lowest BCUT2D eigenvalue weighted by Crippen LogP contribution is -2.55. The third-order valence-corrected chi connectivity index (χ3v) is 3.91. The molecule has 0 aromatic heterocycles. The van der Waals surface area contributed by atoms with Crippen LogP contribution >= 0.6 is 11.6 Å². The van der Waals surface area contributed by atoms with Crippen LogP contribution in [0.15, 0.2) is 24.3 Å². The van der Waals surface area contributed by atoms with Gasteiger partial charge in [0.05, 0.1) is 5.54 Å². The maximum absolute atomic E-state index is 10.9. The van der Waals surface area contributed by atoms with Gasteiger partial charge in [-0.2, -0.15) is 0 Å². The molecule has 0 unspecified atom stereocenters. The average molecular weight is 307 g/mol. The van der Waals surface area contributed by atoms with Gasteiger partial charge >= 0.3 is 6.09 Å². The fourth-order valence-corrected chi connectivity index (χ4v) is 2.52. The second-order valence-electron chi connectivity index (χ2n) is 5.58. The van der Waals surface area contributed by atoms with E-state index in [1.165, 1.54) is 4.90 Å². The van der Waals surface area contributed by atoms with E-state index in [1.807, 2.05) is 24.3 Å². The number of nitrogens with zero attached hydrogens (tertiary/aromatic N) is 2. The normalized spacial score (nSPS) is 16.2. The SMILES string of the molecule is CC(C)(C#Cc1cccc(Cl)c1)N1CCN(C(=O)O)CC1. The third-order valence-electron chi connectivity index (χ3n) is 3.68. The number of halogens is 1. The molecule has 1 amide bonds. The third kappa shape index (κ3) is 4.13. The number of amides is 1. The van der Waals surface area contributed by atoms with E-state index in [9.17, 15) is 4.79 Å². The summed E-state index contributed by atoms with van der Waals surface area (Å²) in [6.07, 6.45) is -0.850. The molecule has 0 atom stereocenters. The highest BCUT2D eigenvalue weighted by Gasteiger charge is 2.29. The number of carbonyl (C=O) groups is 1. The largest absolute Gasteiger partial charge is 0.465 e. The summed E-state index contributed by atoms with van der Waals surface area (Å²) in [5, 5.41) is 9.65. The second kappa shape index (κ2) is 6.38. The predicted molar refractivity (Wildman–Crippen MR) is 83.6 cm³/mol. The molecule has 1 heterocycles. The Bertz CT molecular complexity index is 581. The lowest BCUT2D eigenvalue weighted by Gasteiger charge is -2.40. The Hall–Kier alpha value is -1.70. The van der Waals surface area contributed by atoms with E-state index in [-0.39, 0.29) is 5.54 Å². The number of hydrogen-bond acceptors (Lipinski definition) is 2. The van der Waals surface area contributed by atoms with Crippen LogP contribution in [0.1, 0.15) is 19.4 Å². The van der Waals surface area contributed by atoms with Crippen LogP contribution in [0.25, 0.3) is 0 Å². The molecule has 0 aliphatic carbocycles. The first-order chi connectivity index (χ1) is 9.88. The number of piperazine rings is 1. The molecule has 5 heteroatoms. The quantitative estimate of drug-likeness (QED) is 0.811. The van der Waals surface area contributed by atoms with Gasteiger partial charge in [-0.15, -0.1) is 0 Å². The molecule has 1 aromatic rings. The van der Waals surface area contributed by atoms with Crippen LogP contribution in [-0.4, -0.2) is 52.7 Å². The second-order valence-corrected chi connectivity index (χ2v) is 6.01. The number of carboxylic acid groups (broad SMARTS) is 1. The van der Waals surface area contributed by atoms with E-state index in [1.54, 1.807) is 0 Å². The lowest BCUT2D eigenvalue weighted by atomic mass is 10.0. The molecule has 21 heavy (non-hydrogen) atoms. The van der Waals surface area contributed by atoms with Crippen LogP contribution in [0.5, 0.6) is 0 Å². The van der Waals surface area contributed by atoms with Gasteiger partial charge in [0, 0.05) is 36.8 Å². The summed E-state index contributed by atoms with van der Waals surface area (Å²) in [5.41, 5.74) is 0.590. The molecule has 0 bridgehead atoms. The first-order valence-electron chi connectivity index (χ1n) is 6.90. The summed E-state index contributed by atoms with van der Waals surface area (Å²) in [4.78, 5) is 14.6. The molecule has 112 valence electrons. The maximum atomic E-state index is 10.9. The lowest BCUT2D eigenvalue weighted by molar-refractivity contribution is 0.0744. The van der Waals surface area contributed by atoms with Crippen molar-refractivity contribution in [3.8, 4) is 11.8 Å². The molecule has 1 aliphatic rings. The zero-order valence-corrected chi connectivity index (χ0v) is 13.0. The molecule has 1 N–H and O–H groups in total. The van der Waals surface area contributed by atoms with E-state index < -0.39 is 6.09 Å². The summed E-state index contributed by atoms with van der Waals surface area (Å²) in [6, 6.07) is 7.47. The van der Waals surface area contributed by atoms with Crippen molar-refractivity contribution >= 4 is 17.7 Å². The highest BCUT2D eigenvalue weighted by Crippen LogP contribution is 2.17. The standard InChI is InChI=1S/C16H19ClN2O2/c1-16(2,7-6-13-4-3-5-14(17)12-13)19-10-8-18(9-11-19)15(20)21/h3-5,12H,8-11H2,1-2H3,(H,20,21). The van der Waals surface area contributed by atoms with Crippen LogP contribution in [0, 0.1) is 11.8 Å². The Balaban J connectivity index is 2.04. The molecule has 0 saturated carbocycles. The van der Waals surface area contributed by atoms with E-state index in [4.69, 9.17) is 16.7 Å². The highest BCUT2D eigenvalue weighted by molar-refractivity contribution is 6.30. The summed E-state index contributed by atoms with van der Waals surface area (Å²) in [5.74, 6) is 6.42. The Morgan fingerprint density at radius 2 is 1.95 bits per heavy atom. The van der Waals surface area contributed by atoms with Gasteiger partial charge in [-0.25, -0.2) is 4.79 Å². The molecule has 4 nitrogen and oxygen atoms in total. The summed E-state index contributed by atoms with van der Waals surface area (Å²) in [7, 11) is 0. The molecule has 1 saturated heterocycles. The molecule has 2 rings (SSSR count). The summed E-state index contributed by atoms with van der Waals surface area (Å²) in [6.45, 7) is 6.56. The van der Waals surface area contributed by atoms with E-state index >= 15 is 0 Å². The molecule has 1 fully saturated rings. The van der Waals surface area contributed by atoms with E-state index in [0.29, 0.717) is 31.2 Å². The minimum absolute atomic E-state index is 0.299. The summed E-state index contributed by atoms with van der Waals surface area (Å²) < 4.78 is 0. The van der Waals surface area contributed by atoms with Gasteiger partial charge in [-0.3, -0.25) is 4.90 Å².